The molecule has 4 nitrogen and oxygen atoms in total. The van der Waals surface area contributed by atoms with Crippen LogP contribution < -0.4 is 5.32 Å². The number of nitrogens with zero attached hydrogens (tertiary/aromatic N) is 3. The van der Waals surface area contributed by atoms with Crippen LogP contribution in [0.4, 0.5) is 5.95 Å². The molecule has 1 aromatic heterocycles. The molecule has 1 fully saturated rings. The highest BCUT2D eigenvalue weighted by Crippen LogP contribution is 2.23. The van der Waals surface area contributed by atoms with Crippen molar-refractivity contribution in [3.8, 4) is 11.4 Å². The van der Waals surface area contributed by atoms with Crippen molar-refractivity contribution < 1.29 is 0 Å². The largest absolute Gasteiger partial charge is 0.351 e. The molecule has 1 N–H and O–H groups in total. The summed E-state index contributed by atoms with van der Waals surface area (Å²) in [4.78, 5) is 12.7. The number of aromatic nitrogens is 3. The van der Waals surface area contributed by atoms with Gasteiger partial charge in [0, 0.05) is 11.6 Å². The number of halogens is 1. The lowest BCUT2D eigenvalue weighted by molar-refractivity contribution is 0.443. The Balaban J connectivity index is 1.90. The average molecular weight is 261 g/mol. The Morgan fingerprint density at radius 2 is 1.83 bits per heavy atom. The number of anilines is 1. The second kappa shape index (κ2) is 4.90. The molecule has 92 valence electrons. The highest BCUT2D eigenvalue weighted by atomic mass is 35.5. The Labute approximate surface area is 110 Å². The molecule has 18 heavy (non-hydrogen) atoms. The second-order valence-electron chi connectivity index (χ2n) is 4.39. The molecule has 0 radical (unpaired) electrons. The first-order chi connectivity index (χ1) is 8.81. The molecule has 1 aliphatic carbocycles. The maximum atomic E-state index is 5.94. The zero-order valence-corrected chi connectivity index (χ0v) is 10.6. The van der Waals surface area contributed by atoms with Crippen molar-refractivity contribution in [1.82, 2.24) is 15.0 Å². The summed E-state index contributed by atoms with van der Waals surface area (Å²) >= 11 is 5.94. The topological polar surface area (TPSA) is 50.7 Å². The minimum atomic E-state index is 0.227. The molecule has 3 rings (SSSR count). The fraction of sp³-hybridized carbons (Fsp3) is 0.308. The van der Waals surface area contributed by atoms with Crippen LogP contribution >= 0.6 is 11.6 Å². The first kappa shape index (κ1) is 11.4. The Morgan fingerprint density at radius 3 is 2.50 bits per heavy atom. The third-order valence-electron chi connectivity index (χ3n) is 3.08. The van der Waals surface area contributed by atoms with Gasteiger partial charge in [-0.1, -0.05) is 30.3 Å². The molecule has 1 heterocycles. The van der Waals surface area contributed by atoms with Gasteiger partial charge in [-0.25, -0.2) is 0 Å². The Bertz CT molecular complexity index is 540. The van der Waals surface area contributed by atoms with E-state index in [-0.39, 0.29) is 5.28 Å². The monoisotopic (exact) mass is 260 g/mol. The smallest absolute Gasteiger partial charge is 0.227 e. The van der Waals surface area contributed by atoms with Gasteiger partial charge in [-0.05, 0) is 30.9 Å². The minimum absolute atomic E-state index is 0.227. The van der Waals surface area contributed by atoms with Crippen molar-refractivity contribution in [2.24, 2.45) is 0 Å². The summed E-state index contributed by atoms with van der Waals surface area (Å²) in [6, 6.07) is 10.3. The van der Waals surface area contributed by atoms with Crippen LogP contribution in [0.3, 0.4) is 0 Å². The van der Waals surface area contributed by atoms with Gasteiger partial charge in [-0.2, -0.15) is 15.0 Å². The molecule has 0 unspecified atom stereocenters. The zero-order valence-electron chi connectivity index (χ0n) is 9.81. The molecule has 0 saturated heterocycles. The predicted molar refractivity (Wildman–Crippen MR) is 71.5 cm³/mol. The van der Waals surface area contributed by atoms with Crippen LogP contribution in [-0.2, 0) is 0 Å². The zero-order chi connectivity index (χ0) is 12.4. The molecule has 1 aliphatic rings. The fourth-order valence-corrected chi connectivity index (χ4v) is 2.03. The molecule has 0 spiro atoms. The van der Waals surface area contributed by atoms with E-state index in [2.05, 4.69) is 20.3 Å². The van der Waals surface area contributed by atoms with E-state index in [0.717, 1.165) is 5.56 Å². The average Bonchev–Trinajstić information content (AvgIpc) is 2.34. The van der Waals surface area contributed by atoms with Gasteiger partial charge in [-0.3, -0.25) is 0 Å². The van der Waals surface area contributed by atoms with Crippen molar-refractivity contribution in [3.63, 3.8) is 0 Å². The quantitative estimate of drug-likeness (QED) is 0.921. The van der Waals surface area contributed by atoms with Crippen LogP contribution in [0, 0.1) is 0 Å². The first-order valence-corrected chi connectivity index (χ1v) is 6.42. The molecule has 0 amide bonds. The summed E-state index contributed by atoms with van der Waals surface area (Å²) < 4.78 is 0. The van der Waals surface area contributed by atoms with Crippen molar-refractivity contribution in [1.29, 1.82) is 0 Å². The summed E-state index contributed by atoms with van der Waals surface area (Å²) in [5, 5.41) is 3.51. The number of hydrogen-bond acceptors (Lipinski definition) is 4. The lowest BCUT2D eigenvalue weighted by atomic mass is 9.93. The van der Waals surface area contributed by atoms with Gasteiger partial charge in [0.1, 0.15) is 0 Å². The predicted octanol–water partition coefficient (Wildman–Crippen LogP) is 3.16. The Morgan fingerprint density at radius 1 is 1.06 bits per heavy atom. The Hall–Kier alpha value is -1.68. The molecular weight excluding hydrogens is 248 g/mol. The van der Waals surface area contributed by atoms with Crippen LogP contribution in [0.25, 0.3) is 11.4 Å². The van der Waals surface area contributed by atoms with Gasteiger partial charge in [0.25, 0.3) is 0 Å². The van der Waals surface area contributed by atoms with E-state index in [4.69, 9.17) is 11.6 Å². The molecular formula is C13H13ClN4. The third-order valence-corrected chi connectivity index (χ3v) is 3.25. The molecule has 2 aromatic rings. The maximum Gasteiger partial charge on any atom is 0.227 e. The van der Waals surface area contributed by atoms with Crippen LogP contribution in [0.1, 0.15) is 19.3 Å². The lowest BCUT2D eigenvalue weighted by Crippen LogP contribution is -2.28. The van der Waals surface area contributed by atoms with Gasteiger partial charge < -0.3 is 5.32 Å². The van der Waals surface area contributed by atoms with Crippen LogP contribution in [-0.4, -0.2) is 21.0 Å². The molecule has 1 saturated carbocycles. The van der Waals surface area contributed by atoms with E-state index in [0.29, 0.717) is 17.8 Å². The van der Waals surface area contributed by atoms with Crippen LogP contribution in [0.2, 0.25) is 5.28 Å². The number of benzene rings is 1. The summed E-state index contributed by atoms with van der Waals surface area (Å²) in [5.41, 5.74) is 0.943. The highest BCUT2D eigenvalue weighted by Gasteiger charge is 2.18. The fourth-order valence-electron chi connectivity index (χ4n) is 1.87. The first-order valence-electron chi connectivity index (χ1n) is 6.05. The standard InChI is InChI=1S/C13H13ClN4/c14-12-16-11(9-5-2-1-3-6-9)17-13(18-12)15-10-7-4-8-10/h1-3,5-6,10H,4,7-8H2,(H,15,16,17,18). The van der Waals surface area contributed by atoms with Crippen LogP contribution in [0.5, 0.6) is 0 Å². The SMILES string of the molecule is Clc1nc(NC2CCC2)nc(-c2ccccc2)n1. The van der Waals surface area contributed by atoms with Crippen molar-refractivity contribution in [3.05, 3.63) is 35.6 Å². The van der Waals surface area contributed by atoms with E-state index < -0.39 is 0 Å². The van der Waals surface area contributed by atoms with E-state index in [1.54, 1.807) is 0 Å². The molecule has 0 atom stereocenters. The van der Waals surface area contributed by atoms with E-state index in [9.17, 15) is 0 Å². The van der Waals surface area contributed by atoms with E-state index in [1.807, 2.05) is 30.3 Å². The Kier molecular flexibility index (Phi) is 3.11. The minimum Gasteiger partial charge on any atom is -0.351 e. The summed E-state index contributed by atoms with van der Waals surface area (Å²) in [6.07, 6.45) is 3.61. The van der Waals surface area contributed by atoms with Crippen molar-refractivity contribution in [2.75, 3.05) is 5.32 Å². The van der Waals surface area contributed by atoms with Gasteiger partial charge in [0.05, 0.1) is 0 Å². The van der Waals surface area contributed by atoms with E-state index in [1.165, 1.54) is 19.3 Å². The third kappa shape index (κ3) is 2.43. The molecule has 1 aromatic carbocycles. The number of rotatable bonds is 3. The molecule has 0 aliphatic heterocycles. The van der Waals surface area contributed by atoms with Gasteiger partial charge in [0.2, 0.25) is 11.2 Å². The summed E-state index contributed by atoms with van der Waals surface area (Å²) in [6.45, 7) is 0. The van der Waals surface area contributed by atoms with Gasteiger partial charge >= 0.3 is 0 Å². The number of nitrogens with one attached hydrogen (secondary N) is 1. The van der Waals surface area contributed by atoms with Crippen molar-refractivity contribution in [2.45, 2.75) is 25.3 Å². The second-order valence-corrected chi connectivity index (χ2v) is 4.73. The molecule has 0 bridgehead atoms. The molecule has 5 heteroatoms. The highest BCUT2D eigenvalue weighted by molar-refractivity contribution is 6.28. The lowest BCUT2D eigenvalue weighted by Gasteiger charge is -2.26. The van der Waals surface area contributed by atoms with E-state index >= 15 is 0 Å². The van der Waals surface area contributed by atoms with Crippen LogP contribution in [0.15, 0.2) is 30.3 Å². The normalized spacial score (nSPS) is 15.2. The summed E-state index contributed by atoms with van der Waals surface area (Å²) in [5.74, 6) is 1.18. The van der Waals surface area contributed by atoms with Crippen molar-refractivity contribution >= 4 is 17.5 Å². The van der Waals surface area contributed by atoms with Gasteiger partial charge in [0.15, 0.2) is 5.82 Å². The maximum absolute atomic E-state index is 5.94. The van der Waals surface area contributed by atoms with Gasteiger partial charge in [-0.15, -0.1) is 0 Å². The summed E-state index contributed by atoms with van der Waals surface area (Å²) in [7, 11) is 0. The number of hydrogen-bond donors (Lipinski definition) is 1.